The maximum absolute atomic E-state index is 12.1. The monoisotopic (exact) mass is 496 g/mol. The Balaban J connectivity index is 2.01. The molecule has 0 aliphatic rings. The van der Waals surface area contributed by atoms with Crippen LogP contribution in [-0.4, -0.2) is 25.8 Å². The van der Waals surface area contributed by atoms with Gasteiger partial charge in [0.2, 0.25) is 0 Å². The zero-order valence-electron chi connectivity index (χ0n) is 15.7. The average Bonchev–Trinajstić information content (AvgIpc) is 2.65. The zero-order chi connectivity index (χ0) is 20.0. The number of hydrogen-bond donors (Lipinski definition) is 1. The number of hydrazone groups is 1. The second-order valence-corrected chi connectivity index (χ2v) is 7.88. The summed E-state index contributed by atoms with van der Waals surface area (Å²) in [6.07, 6.45) is 1.56. The molecule has 0 atom stereocenters. The minimum absolute atomic E-state index is 0.130. The highest BCUT2D eigenvalue weighted by Crippen LogP contribution is 2.40. The molecule has 1 amide bonds. The fraction of sp³-hybridized carbons (Fsp3) is 0.300. The molecular formula is C20H22Br2N2O3. The van der Waals surface area contributed by atoms with Gasteiger partial charge >= 0.3 is 0 Å². The molecule has 0 unspecified atom stereocenters. The first-order valence-electron chi connectivity index (χ1n) is 8.40. The number of methoxy groups -OCH3 is 1. The van der Waals surface area contributed by atoms with Gasteiger partial charge in [0.1, 0.15) is 11.5 Å². The van der Waals surface area contributed by atoms with Crippen molar-refractivity contribution in [2.75, 3.05) is 13.7 Å². The van der Waals surface area contributed by atoms with E-state index in [9.17, 15) is 4.79 Å². The summed E-state index contributed by atoms with van der Waals surface area (Å²) in [4.78, 5) is 12.1. The van der Waals surface area contributed by atoms with Crippen LogP contribution >= 0.6 is 31.9 Å². The van der Waals surface area contributed by atoms with E-state index in [4.69, 9.17) is 9.47 Å². The highest BCUT2D eigenvalue weighted by molar-refractivity contribution is 9.11. The molecule has 0 aliphatic carbocycles. The van der Waals surface area contributed by atoms with Crippen LogP contribution in [0.3, 0.4) is 0 Å². The molecule has 0 aromatic heterocycles. The lowest BCUT2D eigenvalue weighted by Gasteiger charge is -2.18. The number of ether oxygens (including phenoxy) is 2. The lowest BCUT2D eigenvalue weighted by Crippen LogP contribution is -2.25. The first kappa shape index (κ1) is 21.4. The summed E-state index contributed by atoms with van der Waals surface area (Å²) in [6.45, 7) is 6.00. The standard InChI is InChI=1S/C20H22Br2N2O3/c1-12(2)16-9-17(21)13(3)19(22)20(16)27-11-18(25)24-23-10-14-6-5-7-15(8-14)26-4/h5-10,12H,11H2,1-4H3,(H,24,25)/b23-10-. The van der Waals surface area contributed by atoms with Gasteiger partial charge in [-0.3, -0.25) is 4.79 Å². The van der Waals surface area contributed by atoms with Crippen molar-refractivity contribution in [3.8, 4) is 11.5 Å². The molecule has 0 aliphatic heterocycles. The number of nitrogens with zero attached hydrogens (tertiary/aromatic N) is 1. The molecule has 2 rings (SSSR count). The van der Waals surface area contributed by atoms with Crippen LogP contribution < -0.4 is 14.9 Å². The van der Waals surface area contributed by atoms with Gasteiger partial charge in [-0.25, -0.2) is 5.43 Å². The Morgan fingerprint density at radius 3 is 2.70 bits per heavy atom. The summed E-state index contributed by atoms with van der Waals surface area (Å²) in [5.74, 6) is 1.32. The number of halogens is 2. The van der Waals surface area contributed by atoms with Crippen LogP contribution in [-0.2, 0) is 4.79 Å². The second kappa shape index (κ2) is 9.90. The van der Waals surface area contributed by atoms with Crippen molar-refractivity contribution in [2.24, 2.45) is 5.10 Å². The summed E-state index contributed by atoms with van der Waals surface area (Å²) in [7, 11) is 1.60. The second-order valence-electron chi connectivity index (χ2n) is 6.23. The first-order chi connectivity index (χ1) is 12.8. The van der Waals surface area contributed by atoms with Crippen LogP contribution in [0.2, 0.25) is 0 Å². The van der Waals surface area contributed by atoms with E-state index in [2.05, 4.69) is 56.2 Å². The summed E-state index contributed by atoms with van der Waals surface area (Å²) in [6, 6.07) is 9.41. The Morgan fingerprint density at radius 2 is 2.04 bits per heavy atom. The van der Waals surface area contributed by atoms with E-state index in [-0.39, 0.29) is 18.4 Å². The van der Waals surface area contributed by atoms with Gasteiger partial charge in [-0.1, -0.05) is 41.9 Å². The predicted molar refractivity (Wildman–Crippen MR) is 115 cm³/mol. The third kappa shape index (κ3) is 5.81. The van der Waals surface area contributed by atoms with Crippen LogP contribution in [0.1, 0.15) is 36.5 Å². The average molecular weight is 498 g/mol. The highest BCUT2D eigenvalue weighted by atomic mass is 79.9. The van der Waals surface area contributed by atoms with Gasteiger partial charge < -0.3 is 9.47 Å². The number of hydrogen-bond acceptors (Lipinski definition) is 4. The molecule has 5 nitrogen and oxygen atoms in total. The normalized spacial score (nSPS) is 11.1. The van der Waals surface area contributed by atoms with Crippen molar-refractivity contribution in [1.82, 2.24) is 5.43 Å². The number of benzene rings is 2. The number of amides is 1. The molecule has 2 aromatic rings. The Labute approximate surface area is 176 Å². The summed E-state index contributed by atoms with van der Waals surface area (Å²) in [5.41, 5.74) is 5.34. The molecule has 144 valence electrons. The van der Waals surface area contributed by atoms with E-state index in [1.807, 2.05) is 37.3 Å². The van der Waals surface area contributed by atoms with Crippen molar-refractivity contribution in [3.63, 3.8) is 0 Å². The molecule has 0 saturated carbocycles. The fourth-order valence-corrected chi connectivity index (χ4v) is 3.63. The third-order valence-electron chi connectivity index (χ3n) is 3.90. The Bertz CT molecular complexity index is 851. The van der Waals surface area contributed by atoms with Crippen LogP contribution in [0, 0.1) is 6.92 Å². The number of rotatable bonds is 7. The molecule has 27 heavy (non-hydrogen) atoms. The summed E-state index contributed by atoms with van der Waals surface area (Å²) >= 11 is 7.12. The van der Waals surface area contributed by atoms with Gasteiger partial charge in [0.25, 0.3) is 5.91 Å². The Kier molecular flexibility index (Phi) is 7.86. The molecule has 1 N–H and O–H groups in total. The van der Waals surface area contributed by atoms with E-state index < -0.39 is 0 Å². The SMILES string of the molecule is COc1cccc(/C=N\NC(=O)COc2c(C(C)C)cc(Br)c(C)c2Br)c1. The number of nitrogens with one attached hydrogen (secondary N) is 1. The third-order valence-corrected chi connectivity index (χ3v) is 5.68. The van der Waals surface area contributed by atoms with Crippen LogP contribution in [0.25, 0.3) is 0 Å². The number of carbonyl (C=O) groups is 1. The summed E-state index contributed by atoms with van der Waals surface area (Å²) < 4.78 is 12.8. The molecule has 0 fully saturated rings. The lowest BCUT2D eigenvalue weighted by molar-refractivity contribution is -0.123. The van der Waals surface area contributed by atoms with Gasteiger partial charge in [0, 0.05) is 4.47 Å². The van der Waals surface area contributed by atoms with Crippen molar-refractivity contribution in [2.45, 2.75) is 26.7 Å². The predicted octanol–water partition coefficient (Wildman–Crippen LogP) is 5.18. The van der Waals surface area contributed by atoms with Crippen molar-refractivity contribution < 1.29 is 14.3 Å². The molecule has 7 heteroatoms. The van der Waals surface area contributed by atoms with E-state index in [0.717, 1.165) is 31.4 Å². The lowest BCUT2D eigenvalue weighted by atomic mass is 10.0. The minimum Gasteiger partial charge on any atom is -0.497 e. The first-order valence-corrected chi connectivity index (χ1v) is 9.99. The molecule has 0 spiro atoms. The minimum atomic E-state index is -0.337. The molecule has 0 radical (unpaired) electrons. The van der Waals surface area contributed by atoms with E-state index in [1.54, 1.807) is 13.3 Å². The fourth-order valence-electron chi connectivity index (χ4n) is 2.36. The van der Waals surface area contributed by atoms with E-state index >= 15 is 0 Å². The molecule has 0 heterocycles. The van der Waals surface area contributed by atoms with Gasteiger partial charge in [0.05, 0.1) is 17.8 Å². The molecule has 0 saturated heterocycles. The van der Waals surface area contributed by atoms with Gasteiger partial charge in [-0.2, -0.15) is 5.10 Å². The van der Waals surface area contributed by atoms with Gasteiger partial charge in [-0.05, 0) is 63.7 Å². The number of carbonyl (C=O) groups excluding carboxylic acids is 1. The van der Waals surface area contributed by atoms with Gasteiger partial charge in [-0.15, -0.1) is 0 Å². The van der Waals surface area contributed by atoms with E-state index in [1.165, 1.54) is 0 Å². The maximum Gasteiger partial charge on any atom is 0.277 e. The Morgan fingerprint density at radius 1 is 1.30 bits per heavy atom. The van der Waals surface area contributed by atoms with Gasteiger partial charge in [0.15, 0.2) is 6.61 Å². The molecular weight excluding hydrogens is 476 g/mol. The van der Waals surface area contributed by atoms with Crippen molar-refractivity contribution in [1.29, 1.82) is 0 Å². The quantitative estimate of drug-likeness (QED) is 0.423. The topological polar surface area (TPSA) is 59.9 Å². The molecule has 0 bridgehead atoms. The van der Waals surface area contributed by atoms with Crippen LogP contribution in [0.15, 0.2) is 44.4 Å². The van der Waals surface area contributed by atoms with Crippen LogP contribution in [0.4, 0.5) is 0 Å². The zero-order valence-corrected chi connectivity index (χ0v) is 18.8. The maximum atomic E-state index is 12.1. The smallest absolute Gasteiger partial charge is 0.277 e. The highest BCUT2D eigenvalue weighted by Gasteiger charge is 2.17. The van der Waals surface area contributed by atoms with E-state index in [0.29, 0.717) is 5.75 Å². The largest absolute Gasteiger partial charge is 0.497 e. The molecule has 2 aromatic carbocycles. The van der Waals surface area contributed by atoms with Crippen LogP contribution in [0.5, 0.6) is 11.5 Å². The van der Waals surface area contributed by atoms with Crippen molar-refractivity contribution in [3.05, 3.63) is 56.0 Å². The summed E-state index contributed by atoms with van der Waals surface area (Å²) in [5, 5.41) is 3.96. The Hall–Kier alpha value is -1.86. The van der Waals surface area contributed by atoms with Crippen molar-refractivity contribution >= 4 is 44.0 Å².